The van der Waals surface area contributed by atoms with Crippen molar-refractivity contribution in [1.82, 2.24) is 0 Å². The lowest BCUT2D eigenvalue weighted by atomic mass is 10.0. The molecule has 0 bridgehead atoms. The molecule has 0 amide bonds. The van der Waals surface area contributed by atoms with E-state index in [1.165, 1.54) is 42.4 Å². The van der Waals surface area contributed by atoms with Gasteiger partial charge in [-0.2, -0.15) is 4.31 Å². The van der Waals surface area contributed by atoms with Gasteiger partial charge in [0, 0.05) is 0 Å². The molecule has 1 aliphatic carbocycles. The zero-order chi connectivity index (χ0) is 25.6. The third kappa shape index (κ3) is 18.3. The molecule has 34 heavy (non-hydrogen) atoms. The van der Waals surface area contributed by atoms with Crippen molar-refractivity contribution < 1.29 is 32.6 Å². The predicted octanol–water partition coefficient (Wildman–Crippen LogP) is 7.84. The van der Waals surface area contributed by atoms with Crippen molar-refractivity contribution in [2.45, 2.75) is 91.9 Å². The number of phosphoric acid groups is 2. The minimum Gasteiger partial charge on any atom is -0.302 e. The molecular formula is C25H42O7P2. The fourth-order valence-electron chi connectivity index (χ4n) is 3.26. The summed E-state index contributed by atoms with van der Waals surface area (Å²) in [5, 5.41) is 0. The Morgan fingerprint density at radius 3 is 1.56 bits per heavy atom. The Morgan fingerprint density at radius 2 is 1.15 bits per heavy atom. The van der Waals surface area contributed by atoms with E-state index < -0.39 is 15.6 Å². The maximum Gasteiger partial charge on any atom is 0.481 e. The highest BCUT2D eigenvalue weighted by Gasteiger charge is 2.31. The molecule has 1 atom stereocenters. The zero-order valence-corrected chi connectivity index (χ0v) is 22.8. The van der Waals surface area contributed by atoms with Gasteiger partial charge in [-0.25, -0.2) is 9.13 Å². The first-order chi connectivity index (χ1) is 15.9. The van der Waals surface area contributed by atoms with E-state index in [0.29, 0.717) is 0 Å². The first-order valence-corrected chi connectivity index (χ1v) is 14.9. The van der Waals surface area contributed by atoms with Crippen molar-refractivity contribution in [1.29, 1.82) is 0 Å². The molecule has 1 unspecified atom stereocenters. The van der Waals surface area contributed by atoms with Crippen molar-refractivity contribution >= 4 is 15.6 Å². The van der Waals surface area contributed by atoms with Crippen molar-refractivity contribution in [3.63, 3.8) is 0 Å². The standard InChI is InChI=1S/C25H42O7P2/c1-21(11-6-12-23(3)15-8-16-25-17-18-25)9-5-10-22(2)13-7-14-24(4)19-20-31-34(29,30)32-33(26,27)28/h9,12-13,16,19H,5-8,10-11,14-15,17-18,20H2,1-4H3,(H,29,30)(H2,26,27,28)/b21-9+,22-13+,23-12+,24-19+. The smallest absolute Gasteiger partial charge is 0.302 e. The normalized spacial score (nSPS) is 17.7. The lowest BCUT2D eigenvalue weighted by Crippen LogP contribution is -1.94. The molecule has 7 nitrogen and oxygen atoms in total. The second kappa shape index (κ2) is 15.9. The van der Waals surface area contributed by atoms with Crippen LogP contribution in [0.4, 0.5) is 0 Å². The summed E-state index contributed by atoms with van der Waals surface area (Å²) < 4.78 is 30.3. The van der Waals surface area contributed by atoms with Crippen LogP contribution in [-0.4, -0.2) is 21.3 Å². The highest BCUT2D eigenvalue weighted by Crippen LogP contribution is 2.57. The van der Waals surface area contributed by atoms with Gasteiger partial charge in [-0.1, -0.05) is 58.2 Å². The molecule has 0 aromatic carbocycles. The highest BCUT2D eigenvalue weighted by atomic mass is 31.3. The third-order valence-corrected chi connectivity index (χ3v) is 7.64. The Labute approximate surface area is 205 Å². The number of rotatable bonds is 17. The van der Waals surface area contributed by atoms with Gasteiger partial charge >= 0.3 is 15.6 Å². The highest BCUT2D eigenvalue weighted by molar-refractivity contribution is 7.60. The average molecular weight is 517 g/mol. The second-order valence-corrected chi connectivity index (χ2v) is 11.9. The molecule has 0 spiro atoms. The van der Waals surface area contributed by atoms with E-state index >= 15 is 0 Å². The number of allylic oxidation sites excluding steroid dienone is 9. The summed E-state index contributed by atoms with van der Waals surface area (Å²) in [5.41, 5.74) is 6.81. The lowest BCUT2D eigenvalue weighted by molar-refractivity contribution is 0.191. The molecule has 0 radical (unpaired) electrons. The molecule has 0 aliphatic heterocycles. The van der Waals surface area contributed by atoms with Crippen LogP contribution < -0.4 is 0 Å². The zero-order valence-electron chi connectivity index (χ0n) is 21.0. The quantitative estimate of drug-likeness (QED) is 0.133. The molecule has 194 valence electrons. The van der Waals surface area contributed by atoms with E-state index in [2.05, 4.69) is 53.9 Å². The lowest BCUT2D eigenvalue weighted by Gasteiger charge is -2.11. The van der Waals surface area contributed by atoms with Crippen LogP contribution in [0.2, 0.25) is 0 Å². The Kier molecular flexibility index (Phi) is 14.4. The Hall–Kier alpha value is -1.04. The van der Waals surface area contributed by atoms with Crippen molar-refractivity contribution in [2.24, 2.45) is 0 Å². The molecule has 1 aliphatic rings. The topological polar surface area (TPSA) is 113 Å². The van der Waals surface area contributed by atoms with Gasteiger partial charge in [-0.15, -0.1) is 0 Å². The van der Waals surface area contributed by atoms with Gasteiger partial charge in [0.05, 0.1) is 6.61 Å². The predicted molar refractivity (Wildman–Crippen MR) is 138 cm³/mol. The summed E-state index contributed by atoms with van der Waals surface area (Å²) in [4.78, 5) is 26.4. The van der Waals surface area contributed by atoms with E-state index in [9.17, 15) is 14.0 Å². The van der Waals surface area contributed by atoms with Gasteiger partial charge in [0.2, 0.25) is 0 Å². The number of hydrogen-bond donors (Lipinski definition) is 3. The van der Waals surface area contributed by atoms with Crippen LogP contribution in [0.5, 0.6) is 0 Å². The largest absolute Gasteiger partial charge is 0.481 e. The van der Waals surface area contributed by atoms with Crippen LogP contribution in [0.1, 0.15) is 91.9 Å². The Bertz CT molecular complexity index is 885. The monoisotopic (exact) mass is 516 g/mol. The van der Waals surface area contributed by atoms with E-state index in [4.69, 9.17) is 9.79 Å². The van der Waals surface area contributed by atoms with E-state index in [0.717, 1.165) is 44.1 Å². The molecule has 1 rings (SSSR count). The van der Waals surface area contributed by atoms with Gasteiger partial charge in [0.1, 0.15) is 0 Å². The molecular weight excluding hydrogens is 474 g/mol. The molecule has 0 saturated heterocycles. The van der Waals surface area contributed by atoms with Crippen LogP contribution in [0.15, 0.2) is 58.2 Å². The average Bonchev–Trinajstić information content (AvgIpc) is 3.50. The third-order valence-electron chi connectivity index (χ3n) is 5.48. The van der Waals surface area contributed by atoms with Gasteiger partial charge in [-0.05, 0) is 91.9 Å². The van der Waals surface area contributed by atoms with Crippen molar-refractivity contribution in [3.8, 4) is 0 Å². The van der Waals surface area contributed by atoms with Gasteiger partial charge < -0.3 is 14.7 Å². The van der Waals surface area contributed by atoms with E-state index in [-0.39, 0.29) is 6.61 Å². The van der Waals surface area contributed by atoms with Crippen LogP contribution in [0, 0.1) is 0 Å². The number of phosphoric ester groups is 1. The van der Waals surface area contributed by atoms with Gasteiger partial charge in [0.25, 0.3) is 0 Å². The van der Waals surface area contributed by atoms with Crippen molar-refractivity contribution in [3.05, 3.63) is 58.2 Å². The van der Waals surface area contributed by atoms with Gasteiger partial charge in [0.15, 0.2) is 0 Å². The summed E-state index contributed by atoms with van der Waals surface area (Å²) in [6, 6.07) is 0. The minimum atomic E-state index is -5.09. The first-order valence-electron chi connectivity index (χ1n) is 11.9. The van der Waals surface area contributed by atoms with Crippen LogP contribution in [-0.2, 0) is 18.0 Å². The molecule has 3 N–H and O–H groups in total. The summed E-state index contributed by atoms with van der Waals surface area (Å²) in [7, 11) is -9.87. The van der Waals surface area contributed by atoms with E-state index in [1.807, 2.05) is 6.92 Å². The summed E-state index contributed by atoms with van der Waals surface area (Å²) in [6.07, 6.45) is 21.7. The van der Waals surface area contributed by atoms with Crippen molar-refractivity contribution in [2.75, 3.05) is 6.61 Å². The second-order valence-electron chi connectivity index (χ2n) is 9.06. The minimum absolute atomic E-state index is 0.265. The molecule has 1 fully saturated rings. The molecule has 0 aromatic heterocycles. The fourth-order valence-corrected chi connectivity index (χ4v) is 4.79. The fraction of sp³-hybridized carbons (Fsp3) is 0.600. The maximum atomic E-state index is 11.4. The summed E-state index contributed by atoms with van der Waals surface area (Å²) in [5.74, 6) is 0. The van der Waals surface area contributed by atoms with Crippen LogP contribution in [0.3, 0.4) is 0 Å². The van der Waals surface area contributed by atoms with E-state index in [1.54, 1.807) is 11.6 Å². The number of hydrogen-bond acceptors (Lipinski definition) is 4. The summed E-state index contributed by atoms with van der Waals surface area (Å²) >= 11 is 0. The maximum absolute atomic E-state index is 11.4. The molecule has 1 saturated carbocycles. The molecule has 9 heteroatoms. The summed E-state index contributed by atoms with van der Waals surface area (Å²) in [6.45, 7) is 8.15. The van der Waals surface area contributed by atoms with Crippen LogP contribution in [0.25, 0.3) is 0 Å². The molecule has 0 aromatic rings. The van der Waals surface area contributed by atoms with Crippen LogP contribution >= 0.6 is 15.6 Å². The SMILES string of the molecule is C/C(=C\CC/C(C)=C/CC/C(C)=C/CC/C(C)=C/COP(=O)(O)OP(=O)(O)O)CCC=C1CC1. The Morgan fingerprint density at radius 1 is 0.735 bits per heavy atom. The Balaban J connectivity index is 2.22. The first kappa shape index (κ1) is 31.0. The molecule has 0 heterocycles. The van der Waals surface area contributed by atoms with Gasteiger partial charge in [-0.3, -0.25) is 4.52 Å².